The monoisotopic (exact) mass is 579 g/mol. The Morgan fingerprint density at radius 1 is 1.05 bits per heavy atom. The van der Waals surface area contributed by atoms with Gasteiger partial charge in [-0.1, -0.05) is 56.4 Å². The molecule has 1 rings (SSSR count). The average molecular weight is 580 g/mol. The standard InChI is InChI=1S/C30H49N3O6S/c1-9-10-11-12-13-17-33(28(36)24(16-18-40-8)32-29(37)39-30(4,5)6)26(27(35)31-20-25(34)38-7)23-15-14-21(2)19-22(23)3/h14-15,19,24,26H,9-13,16-18,20H2,1-8H3,(H,31,35)(H,32,37). The lowest BCUT2D eigenvalue weighted by atomic mass is 9.96. The van der Waals surface area contributed by atoms with Gasteiger partial charge in [0.2, 0.25) is 11.8 Å². The number of nitrogens with one attached hydrogen (secondary N) is 2. The molecule has 0 aromatic heterocycles. The Morgan fingerprint density at radius 3 is 2.30 bits per heavy atom. The summed E-state index contributed by atoms with van der Waals surface area (Å²) in [6.45, 7) is 11.3. The SMILES string of the molecule is CCCCCCCN(C(=O)C(CCSC)NC(=O)OC(C)(C)C)C(C(=O)NCC(=O)OC)c1ccc(C)cc1C. The number of carbonyl (C=O) groups excluding carboxylic acids is 4. The Bertz CT molecular complexity index is 979. The van der Waals surface area contributed by atoms with E-state index in [4.69, 9.17) is 9.47 Å². The van der Waals surface area contributed by atoms with Crippen molar-refractivity contribution in [3.8, 4) is 0 Å². The van der Waals surface area contributed by atoms with Crippen molar-refractivity contribution in [2.24, 2.45) is 0 Å². The van der Waals surface area contributed by atoms with Crippen LogP contribution in [0.15, 0.2) is 18.2 Å². The molecule has 3 amide bonds. The average Bonchev–Trinajstić information content (AvgIpc) is 2.88. The molecule has 9 nitrogen and oxygen atoms in total. The third-order valence-corrected chi connectivity index (χ3v) is 6.94. The number of hydrogen-bond acceptors (Lipinski definition) is 7. The summed E-state index contributed by atoms with van der Waals surface area (Å²) in [6.07, 6.45) is 6.40. The minimum absolute atomic E-state index is 0.317. The first-order valence-corrected chi connectivity index (χ1v) is 15.4. The number of methoxy groups -OCH3 is 1. The summed E-state index contributed by atoms with van der Waals surface area (Å²) in [5.74, 6) is -0.817. The summed E-state index contributed by atoms with van der Waals surface area (Å²) < 4.78 is 10.2. The Kier molecular flexibility index (Phi) is 15.7. The van der Waals surface area contributed by atoms with Crippen LogP contribution in [0, 0.1) is 13.8 Å². The maximum absolute atomic E-state index is 14.2. The van der Waals surface area contributed by atoms with Gasteiger partial charge in [0.25, 0.3) is 0 Å². The van der Waals surface area contributed by atoms with Crippen molar-refractivity contribution in [2.75, 3.05) is 32.2 Å². The molecule has 0 bridgehead atoms. The predicted molar refractivity (Wildman–Crippen MR) is 160 cm³/mol. The summed E-state index contributed by atoms with van der Waals surface area (Å²) in [7, 11) is 1.25. The lowest BCUT2D eigenvalue weighted by molar-refractivity contribution is -0.144. The fourth-order valence-corrected chi connectivity index (χ4v) is 4.78. The number of unbranched alkanes of at least 4 members (excludes halogenated alkanes) is 4. The normalized spacial score (nSPS) is 12.7. The van der Waals surface area contributed by atoms with E-state index >= 15 is 0 Å². The second-order valence-electron chi connectivity index (χ2n) is 11.0. The Morgan fingerprint density at radius 2 is 1.73 bits per heavy atom. The van der Waals surface area contributed by atoms with Gasteiger partial charge >= 0.3 is 12.1 Å². The van der Waals surface area contributed by atoms with Crippen LogP contribution in [-0.4, -0.2) is 72.6 Å². The third-order valence-electron chi connectivity index (χ3n) is 6.30. The molecule has 0 spiro atoms. The highest BCUT2D eigenvalue weighted by molar-refractivity contribution is 7.98. The molecule has 0 aliphatic heterocycles. The first kappa shape index (κ1) is 35.3. The number of alkyl carbamates (subject to hydrolysis) is 1. The van der Waals surface area contributed by atoms with Crippen LogP contribution in [0.25, 0.3) is 0 Å². The number of benzene rings is 1. The number of thioether (sulfide) groups is 1. The van der Waals surface area contributed by atoms with Gasteiger partial charge in [-0.25, -0.2) is 4.79 Å². The molecule has 0 saturated heterocycles. The van der Waals surface area contributed by atoms with Crippen molar-refractivity contribution in [2.45, 2.75) is 97.8 Å². The lowest BCUT2D eigenvalue weighted by Crippen LogP contribution is -2.53. The molecule has 2 atom stereocenters. The number of aryl methyl sites for hydroxylation is 2. The fourth-order valence-electron chi connectivity index (χ4n) is 4.31. The van der Waals surface area contributed by atoms with Gasteiger partial charge < -0.3 is 25.0 Å². The molecule has 0 fully saturated rings. The van der Waals surface area contributed by atoms with E-state index in [2.05, 4.69) is 17.6 Å². The second-order valence-corrected chi connectivity index (χ2v) is 12.0. The van der Waals surface area contributed by atoms with E-state index in [0.717, 1.165) is 36.8 Å². The number of nitrogens with zero attached hydrogens (tertiary/aromatic N) is 1. The first-order valence-electron chi connectivity index (χ1n) is 14.0. The number of ether oxygens (including phenoxy) is 2. The van der Waals surface area contributed by atoms with Gasteiger partial charge in [0.1, 0.15) is 24.2 Å². The van der Waals surface area contributed by atoms with Crippen LogP contribution in [0.4, 0.5) is 4.79 Å². The van der Waals surface area contributed by atoms with E-state index < -0.39 is 35.7 Å². The number of esters is 1. The number of hydrogen-bond donors (Lipinski definition) is 2. The smallest absolute Gasteiger partial charge is 0.408 e. The van der Waals surface area contributed by atoms with Crippen molar-refractivity contribution in [3.63, 3.8) is 0 Å². The molecular formula is C30H49N3O6S. The second kappa shape index (κ2) is 17.8. The Balaban J connectivity index is 3.52. The van der Waals surface area contributed by atoms with E-state index in [1.165, 1.54) is 7.11 Å². The first-order chi connectivity index (χ1) is 18.8. The molecule has 2 unspecified atom stereocenters. The minimum atomic E-state index is -0.999. The number of amides is 3. The predicted octanol–water partition coefficient (Wildman–Crippen LogP) is 5.08. The van der Waals surface area contributed by atoms with Gasteiger partial charge in [-0.2, -0.15) is 11.8 Å². The van der Waals surface area contributed by atoms with Crippen LogP contribution < -0.4 is 10.6 Å². The summed E-state index contributed by atoms with van der Waals surface area (Å²) in [5.41, 5.74) is 1.81. The van der Waals surface area contributed by atoms with Crippen LogP contribution in [-0.2, 0) is 23.9 Å². The van der Waals surface area contributed by atoms with Crippen LogP contribution >= 0.6 is 11.8 Å². The quantitative estimate of drug-likeness (QED) is 0.207. The highest BCUT2D eigenvalue weighted by Crippen LogP contribution is 2.27. The Labute approximate surface area is 244 Å². The maximum Gasteiger partial charge on any atom is 0.408 e. The molecule has 0 aliphatic rings. The van der Waals surface area contributed by atoms with Gasteiger partial charge in [0, 0.05) is 6.54 Å². The van der Waals surface area contributed by atoms with E-state index in [-0.39, 0.29) is 12.5 Å². The van der Waals surface area contributed by atoms with E-state index in [9.17, 15) is 19.2 Å². The molecule has 40 heavy (non-hydrogen) atoms. The highest BCUT2D eigenvalue weighted by Gasteiger charge is 2.36. The summed E-state index contributed by atoms with van der Waals surface area (Å²) in [4.78, 5) is 54.1. The van der Waals surface area contributed by atoms with Crippen LogP contribution in [0.1, 0.15) is 89.0 Å². The highest BCUT2D eigenvalue weighted by atomic mass is 32.2. The molecular weight excluding hydrogens is 530 g/mol. The van der Waals surface area contributed by atoms with Gasteiger partial charge in [0.05, 0.1) is 7.11 Å². The zero-order chi connectivity index (χ0) is 30.3. The van der Waals surface area contributed by atoms with Gasteiger partial charge in [0.15, 0.2) is 0 Å². The summed E-state index contributed by atoms with van der Waals surface area (Å²) >= 11 is 1.56. The van der Waals surface area contributed by atoms with Crippen molar-refractivity contribution < 1.29 is 28.7 Å². The number of rotatable bonds is 16. The Hall–Kier alpha value is -2.75. The molecule has 0 saturated carbocycles. The molecule has 0 radical (unpaired) electrons. The minimum Gasteiger partial charge on any atom is -0.468 e. The summed E-state index contributed by atoms with van der Waals surface area (Å²) in [5, 5.41) is 5.41. The topological polar surface area (TPSA) is 114 Å². The third kappa shape index (κ3) is 12.6. The molecule has 1 aromatic carbocycles. The van der Waals surface area contributed by atoms with E-state index in [0.29, 0.717) is 30.7 Å². The molecule has 10 heteroatoms. The van der Waals surface area contributed by atoms with Crippen molar-refractivity contribution in [1.29, 1.82) is 0 Å². The van der Waals surface area contributed by atoms with Crippen molar-refractivity contribution in [3.05, 3.63) is 34.9 Å². The van der Waals surface area contributed by atoms with E-state index in [1.807, 2.05) is 38.3 Å². The molecule has 1 aromatic rings. The zero-order valence-electron chi connectivity index (χ0n) is 25.6. The molecule has 0 aliphatic carbocycles. The molecule has 2 N–H and O–H groups in total. The van der Waals surface area contributed by atoms with Crippen LogP contribution in [0.2, 0.25) is 0 Å². The van der Waals surface area contributed by atoms with Gasteiger partial charge in [-0.3, -0.25) is 14.4 Å². The zero-order valence-corrected chi connectivity index (χ0v) is 26.4. The molecule has 226 valence electrons. The largest absolute Gasteiger partial charge is 0.468 e. The van der Waals surface area contributed by atoms with Gasteiger partial charge in [-0.05, 0) is 70.6 Å². The summed E-state index contributed by atoms with van der Waals surface area (Å²) in [6, 6.07) is 3.82. The van der Waals surface area contributed by atoms with Crippen LogP contribution in [0.5, 0.6) is 0 Å². The fraction of sp³-hybridized carbons (Fsp3) is 0.667. The van der Waals surface area contributed by atoms with Crippen molar-refractivity contribution in [1.82, 2.24) is 15.5 Å². The van der Waals surface area contributed by atoms with Crippen LogP contribution in [0.3, 0.4) is 0 Å². The maximum atomic E-state index is 14.2. The van der Waals surface area contributed by atoms with E-state index in [1.54, 1.807) is 37.4 Å². The number of carbonyl (C=O) groups is 4. The van der Waals surface area contributed by atoms with Gasteiger partial charge in [-0.15, -0.1) is 0 Å². The lowest BCUT2D eigenvalue weighted by Gasteiger charge is -2.35. The molecule has 0 heterocycles. The van der Waals surface area contributed by atoms with Crippen molar-refractivity contribution >= 4 is 35.6 Å².